The van der Waals surface area contributed by atoms with Crippen LogP contribution in [0, 0.1) is 0 Å². The summed E-state index contributed by atoms with van der Waals surface area (Å²) in [5.74, 6) is 0.694. The molecule has 4 aromatic rings. The number of nitrogens with one attached hydrogen (secondary N) is 1. The summed E-state index contributed by atoms with van der Waals surface area (Å²) in [4.78, 5) is 27.5. The van der Waals surface area contributed by atoms with Gasteiger partial charge in [-0.3, -0.25) is 4.79 Å². The Balaban J connectivity index is 1.35. The van der Waals surface area contributed by atoms with Crippen molar-refractivity contribution < 1.29 is 4.79 Å². The summed E-state index contributed by atoms with van der Waals surface area (Å²) < 4.78 is 0. The minimum absolute atomic E-state index is 0.0389. The third kappa shape index (κ3) is 3.61. The van der Waals surface area contributed by atoms with Crippen LogP contribution in [-0.4, -0.2) is 38.8 Å². The lowest BCUT2D eigenvalue weighted by atomic mass is 9.71. The van der Waals surface area contributed by atoms with Crippen LogP contribution in [0.2, 0.25) is 0 Å². The van der Waals surface area contributed by atoms with Gasteiger partial charge in [-0.15, -0.1) is 0 Å². The molecule has 0 atom stereocenters. The molecule has 5 heteroatoms. The zero-order valence-corrected chi connectivity index (χ0v) is 17.7. The fourth-order valence-corrected chi connectivity index (χ4v) is 4.70. The summed E-state index contributed by atoms with van der Waals surface area (Å²) in [6, 6.07) is 22.5. The van der Waals surface area contributed by atoms with E-state index in [9.17, 15) is 4.79 Å². The molecule has 1 aliphatic heterocycles. The van der Waals surface area contributed by atoms with E-state index in [1.54, 1.807) is 6.20 Å². The molecule has 2 aromatic carbocycles. The quantitative estimate of drug-likeness (QED) is 0.502. The predicted octanol–water partition coefficient (Wildman–Crippen LogP) is 5.21. The maximum absolute atomic E-state index is 13.2. The number of hydrogen-bond donors (Lipinski definition) is 1. The first-order chi connectivity index (χ1) is 15.2. The van der Waals surface area contributed by atoms with E-state index in [1.807, 2.05) is 41.3 Å². The third-order valence-corrected chi connectivity index (χ3v) is 6.70. The lowest BCUT2D eigenvalue weighted by Crippen LogP contribution is -2.45. The van der Waals surface area contributed by atoms with Crippen LogP contribution in [0.1, 0.15) is 42.2 Å². The number of amides is 1. The Kier molecular flexibility index (Phi) is 5.02. The first-order valence-electron chi connectivity index (χ1n) is 10.9. The highest BCUT2D eigenvalue weighted by molar-refractivity contribution is 5.97. The van der Waals surface area contributed by atoms with Crippen LogP contribution < -0.4 is 0 Å². The average molecular weight is 411 g/mol. The van der Waals surface area contributed by atoms with E-state index < -0.39 is 0 Å². The maximum Gasteiger partial charge on any atom is 0.270 e. The number of hydrogen-bond acceptors (Lipinski definition) is 3. The van der Waals surface area contributed by atoms with Gasteiger partial charge in [0.1, 0.15) is 11.3 Å². The molecule has 1 N–H and O–H groups in total. The van der Waals surface area contributed by atoms with Crippen molar-refractivity contribution in [3.05, 3.63) is 84.2 Å². The van der Waals surface area contributed by atoms with Crippen molar-refractivity contribution in [2.75, 3.05) is 13.1 Å². The number of piperidine rings is 1. The number of likely N-dealkylation sites (tertiary alicyclic amines) is 1. The van der Waals surface area contributed by atoms with Gasteiger partial charge in [0.2, 0.25) is 0 Å². The van der Waals surface area contributed by atoms with Crippen LogP contribution in [0.25, 0.3) is 22.4 Å². The third-order valence-electron chi connectivity index (χ3n) is 6.70. The van der Waals surface area contributed by atoms with Crippen LogP contribution in [-0.2, 0) is 5.41 Å². The molecule has 0 bridgehead atoms. The van der Waals surface area contributed by atoms with Crippen LogP contribution in [0.4, 0.5) is 0 Å². The molecule has 31 heavy (non-hydrogen) atoms. The minimum atomic E-state index is 0.0389. The van der Waals surface area contributed by atoms with E-state index in [4.69, 9.17) is 0 Å². The molecule has 1 aliphatic rings. The second-order valence-electron chi connectivity index (χ2n) is 8.34. The summed E-state index contributed by atoms with van der Waals surface area (Å²) >= 11 is 0. The maximum atomic E-state index is 13.2. The van der Waals surface area contributed by atoms with Crippen molar-refractivity contribution in [3.8, 4) is 11.4 Å². The number of aromatic nitrogens is 3. The smallest absolute Gasteiger partial charge is 0.270 e. The van der Waals surface area contributed by atoms with Gasteiger partial charge in [0.05, 0.1) is 0 Å². The second kappa shape index (κ2) is 7.99. The summed E-state index contributed by atoms with van der Waals surface area (Å²) in [5, 5.41) is 0.854. The standard InChI is InChI=1S/C26H26N4O/c1-2-26(21-11-7-4-8-12-21)13-15-30(16-14-26)25(31)22-17-20-18-27-23(29-24(20)28-22)19-9-5-3-6-10-19/h3-12,17-18H,2,13-16H2,1H3,(H,27,28,29). The van der Waals surface area contributed by atoms with Crippen LogP contribution in [0.15, 0.2) is 72.9 Å². The van der Waals surface area contributed by atoms with E-state index >= 15 is 0 Å². The van der Waals surface area contributed by atoms with Crippen molar-refractivity contribution in [2.24, 2.45) is 0 Å². The highest BCUT2D eigenvalue weighted by Gasteiger charge is 2.36. The fraction of sp³-hybridized carbons (Fsp3) is 0.269. The molecule has 0 saturated carbocycles. The minimum Gasteiger partial charge on any atom is -0.337 e. The number of carbonyl (C=O) groups excluding carboxylic acids is 1. The Hall–Kier alpha value is -3.47. The fourth-order valence-electron chi connectivity index (χ4n) is 4.70. The van der Waals surface area contributed by atoms with Gasteiger partial charge in [-0.05, 0) is 36.3 Å². The van der Waals surface area contributed by atoms with Crippen LogP contribution >= 0.6 is 0 Å². The molecule has 3 heterocycles. The Labute approximate surface area is 182 Å². The number of aromatic amines is 1. The van der Waals surface area contributed by atoms with Gasteiger partial charge in [-0.2, -0.15) is 0 Å². The topological polar surface area (TPSA) is 61.9 Å². The SMILES string of the molecule is CCC1(c2ccccc2)CCN(C(=O)c2cc3cnc(-c4ccccc4)nc3[nH]2)CC1. The number of rotatable bonds is 4. The van der Waals surface area contributed by atoms with Crippen molar-refractivity contribution in [1.82, 2.24) is 19.9 Å². The largest absolute Gasteiger partial charge is 0.337 e. The zero-order chi connectivity index (χ0) is 21.3. The molecule has 1 fully saturated rings. The van der Waals surface area contributed by atoms with Gasteiger partial charge < -0.3 is 9.88 Å². The summed E-state index contributed by atoms with van der Waals surface area (Å²) in [6.07, 6.45) is 4.84. The Morgan fingerprint density at radius 2 is 1.71 bits per heavy atom. The molecule has 2 aromatic heterocycles. The molecule has 0 unspecified atom stereocenters. The molecule has 156 valence electrons. The number of nitrogens with zero attached hydrogens (tertiary/aromatic N) is 3. The highest BCUT2D eigenvalue weighted by Crippen LogP contribution is 2.38. The Bertz CT molecular complexity index is 1190. The average Bonchev–Trinajstić information content (AvgIpc) is 3.28. The normalized spacial score (nSPS) is 15.8. The van der Waals surface area contributed by atoms with Gasteiger partial charge >= 0.3 is 0 Å². The van der Waals surface area contributed by atoms with Crippen LogP contribution in [0.3, 0.4) is 0 Å². The predicted molar refractivity (Wildman–Crippen MR) is 123 cm³/mol. The van der Waals surface area contributed by atoms with Gasteiger partial charge in [0.25, 0.3) is 5.91 Å². The molecule has 0 spiro atoms. The van der Waals surface area contributed by atoms with Crippen LogP contribution in [0.5, 0.6) is 0 Å². The molecule has 1 amide bonds. The van der Waals surface area contributed by atoms with E-state index in [-0.39, 0.29) is 11.3 Å². The van der Waals surface area contributed by atoms with Gasteiger partial charge in [-0.25, -0.2) is 9.97 Å². The molecular weight excluding hydrogens is 384 g/mol. The van der Waals surface area contributed by atoms with E-state index in [2.05, 4.69) is 52.2 Å². The van der Waals surface area contributed by atoms with Gasteiger partial charge in [-0.1, -0.05) is 67.6 Å². The van der Waals surface area contributed by atoms with E-state index in [1.165, 1.54) is 5.56 Å². The van der Waals surface area contributed by atoms with E-state index in [0.29, 0.717) is 17.2 Å². The Morgan fingerprint density at radius 1 is 1.03 bits per heavy atom. The molecular formula is C26H26N4O. The zero-order valence-electron chi connectivity index (χ0n) is 17.7. The lowest BCUT2D eigenvalue weighted by molar-refractivity contribution is 0.0657. The second-order valence-corrected chi connectivity index (χ2v) is 8.34. The molecule has 1 saturated heterocycles. The number of H-pyrrole nitrogens is 1. The first-order valence-corrected chi connectivity index (χ1v) is 10.9. The van der Waals surface area contributed by atoms with Crippen molar-refractivity contribution >= 4 is 16.9 Å². The lowest BCUT2D eigenvalue weighted by Gasteiger charge is -2.41. The van der Waals surface area contributed by atoms with Crippen molar-refractivity contribution in [3.63, 3.8) is 0 Å². The van der Waals surface area contributed by atoms with Gasteiger partial charge in [0, 0.05) is 30.2 Å². The number of benzene rings is 2. The molecule has 0 radical (unpaired) electrons. The monoisotopic (exact) mass is 410 g/mol. The summed E-state index contributed by atoms with van der Waals surface area (Å²) in [7, 11) is 0. The highest BCUT2D eigenvalue weighted by atomic mass is 16.2. The van der Waals surface area contributed by atoms with Crippen molar-refractivity contribution in [1.29, 1.82) is 0 Å². The molecule has 5 rings (SSSR count). The Morgan fingerprint density at radius 3 is 2.39 bits per heavy atom. The van der Waals surface area contributed by atoms with Crippen molar-refractivity contribution in [2.45, 2.75) is 31.6 Å². The van der Waals surface area contributed by atoms with Gasteiger partial charge in [0.15, 0.2) is 5.82 Å². The first kappa shape index (κ1) is 19.5. The van der Waals surface area contributed by atoms with E-state index in [0.717, 1.165) is 43.3 Å². The summed E-state index contributed by atoms with van der Waals surface area (Å²) in [5.41, 5.74) is 3.78. The number of carbonyl (C=O) groups is 1. The molecule has 5 nitrogen and oxygen atoms in total. The summed E-state index contributed by atoms with van der Waals surface area (Å²) in [6.45, 7) is 3.78. The number of fused-ring (bicyclic) bond motifs is 1. The molecule has 0 aliphatic carbocycles.